The van der Waals surface area contributed by atoms with Crippen molar-refractivity contribution in [2.45, 2.75) is 13.3 Å². The Balaban J connectivity index is 1.65. The molecule has 4 N–H and O–H groups in total. The van der Waals surface area contributed by atoms with Crippen molar-refractivity contribution in [3.63, 3.8) is 0 Å². The van der Waals surface area contributed by atoms with Gasteiger partial charge in [-0.05, 0) is 61.0 Å². The normalized spacial score (nSPS) is 9.78. The molecule has 2 aromatic rings. The van der Waals surface area contributed by atoms with Crippen LogP contribution in [-0.4, -0.2) is 16.8 Å². The number of hydrogen-bond acceptors (Lipinski definition) is 2. The average molecular weight is 345 g/mol. The van der Waals surface area contributed by atoms with Crippen molar-refractivity contribution in [1.29, 1.82) is 0 Å². The van der Waals surface area contributed by atoms with Gasteiger partial charge in [-0.3, -0.25) is 10.9 Å². The third-order valence-corrected chi connectivity index (χ3v) is 3.56. The van der Waals surface area contributed by atoms with E-state index in [4.69, 9.17) is 24.4 Å². The molecule has 0 saturated heterocycles. The molecule has 0 unspecified atom stereocenters. The summed E-state index contributed by atoms with van der Waals surface area (Å²) in [6.45, 7) is 2.79. The standard InChI is InChI=1S/C17H20N4S2/c1-13-6-5-9-15(12-13)19-17(23)21-20-16(22)18-11-10-14-7-3-2-4-8-14/h2-9,12H,10-11H2,1H3,(H2,18,20,22)(H2,19,21,23). The van der Waals surface area contributed by atoms with E-state index in [9.17, 15) is 0 Å². The van der Waals surface area contributed by atoms with Crippen LogP contribution < -0.4 is 21.5 Å². The molecule has 0 heterocycles. The second-order valence-electron chi connectivity index (χ2n) is 5.07. The van der Waals surface area contributed by atoms with Crippen molar-refractivity contribution in [2.75, 3.05) is 11.9 Å². The fourth-order valence-electron chi connectivity index (χ4n) is 2.01. The molecule has 23 heavy (non-hydrogen) atoms. The highest BCUT2D eigenvalue weighted by molar-refractivity contribution is 7.80. The summed E-state index contributed by atoms with van der Waals surface area (Å²) in [7, 11) is 0. The largest absolute Gasteiger partial charge is 0.361 e. The molecule has 0 aliphatic rings. The molecule has 120 valence electrons. The first-order valence-electron chi connectivity index (χ1n) is 7.35. The molecule has 0 radical (unpaired) electrons. The van der Waals surface area contributed by atoms with Crippen molar-refractivity contribution in [3.05, 3.63) is 65.7 Å². The highest BCUT2D eigenvalue weighted by atomic mass is 32.1. The Hall–Kier alpha value is -2.18. The monoisotopic (exact) mass is 344 g/mol. The van der Waals surface area contributed by atoms with Crippen LogP contribution >= 0.6 is 24.4 Å². The average Bonchev–Trinajstić information content (AvgIpc) is 2.54. The first kappa shape index (κ1) is 17.2. The molecule has 0 aromatic heterocycles. The zero-order valence-corrected chi connectivity index (χ0v) is 14.6. The quantitative estimate of drug-likeness (QED) is 0.505. The minimum absolute atomic E-state index is 0.461. The molecule has 0 spiro atoms. The zero-order valence-electron chi connectivity index (χ0n) is 12.9. The third kappa shape index (κ3) is 6.63. The molecule has 2 aromatic carbocycles. The predicted octanol–water partition coefficient (Wildman–Crippen LogP) is 2.90. The number of benzene rings is 2. The summed E-state index contributed by atoms with van der Waals surface area (Å²) in [6.07, 6.45) is 0.911. The lowest BCUT2D eigenvalue weighted by Gasteiger charge is -2.14. The fraction of sp³-hybridized carbons (Fsp3) is 0.176. The van der Waals surface area contributed by atoms with Crippen LogP contribution in [0.2, 0.25) is 0 Å². The molecule has 0 saturated carbocycles. The van der Waals surface area contributed by atoms with E-state index in [1.165, 1.54) is 11.1 Å². The van der Waals surface area contributed by atoms with Gasteiger partial charge in [0.1, 0.15) is 0 Å². The van der Waals surface area contributed by atoms with Crippen molar-refractivity contribution in [1.82, 2.24) is 16.2 Å². The molecule has 0 fully saturated rings. The van der Waals surface area contributed by atoms with Gasteiger partial charge < -0.3 is 10.6 Å². The topological polar surface area (TPSA) is 48.1 Å². The van der Waals surface area contributed by atoms with Gasteiger partial charge in [0.05, 0.1) is 0 Å². The molecular weight excluding hydrogens is 324 g/mol. The van der Waals surface area contributed by atoms with Gasteiger partial charge >= 0.3 is 0 Å². The molecule has 4 nitrogen and oxygen atoms in total. The van der Waals surface area contributed by atoms with Gasteiger partial charge in [-0.25, -0.2) is 0 Å². The molecular formula is C17H20N4S2. The first-order chi connectivity index (χ1) is 11.1. The van der Waals surface area contributed by atoms with Crippen LogP contribution in [0, 0.1) is 6.92 Å². The minimum atomic E-state index is 0.461. The molecule has 0 aliphatic heterocycles. The summed E-state index contributed by atoms with van der Waals surface area (Å²) in [6, 6.07) is 18.2. The van der Waals surface area contributed by atoms with E-state index >= 15 is 0 Å². The fourth-order valence-corrected chi connectivity index (χ4v) is 2.33. The van der Waals surface area contributed by atoms with Crippen LogP contribution in [0.25, 0.3) is 0 Å². The Morgan fingerprint density at radius 2 is 1.65 bits per heavy atom. The third-order valence-electron chi connectivity index (χ3n) is 3.11. The van der Waals surface area contributed by atoms with Crippen LogP contribution in [0.15, 0.2) is 54.6 Å². The molecule has 0 atom stereocenters. The summed E-state index contributed by atoms with van der Waals surface area (Å²) < 4.78 is 0. The lowest BCUT2D eigenvalue weighted by atomic mass is 10.1. The molecule has 2 rings (SSSR count). The van der Waals surface area contributed by atoms with E-state index in [2.05, 4.69) is 33.6 Å². The smallest absolute Gasteiger partial charge is 0.189 e. The van der Waals surface area contributed by atoms with Gasteiger partial charge in [-0.2, -0.15) is 0 Å². The van der Waals surface area contributed by atoms with Gasteiger partial charge in [-0.15, -0.1) is 0 Å². The maximum absolute atomic E-state index is 5.21. The molecule has 6 heteroatoms. The molecule has 0 amide bonds. The summed E-state index contributed by atoms with van der Waals surface area (Å²) in [4.78, 5) is 0. The highest BCUT2D eigenvalue weighted by Crippen LogP contribution is 2.08. The minimum Gasteiger partial charge on any atom is -0.361 e. The number of aryl methyl sites for hydroxylation is 1. The van der Waals surface area contributed by atoms with Gasteiger partial charge in [0.2, 0.25) is 0 Å². The lowest BCUT2D eigenvalue weighted by molar-refractivity contribution is 0.796. The van der Waals surface area contributed by atoms with Crippen LogP contribution in [0.3, 0.4) is 0 Å². The van der Waals surface area contributed by atoms with E-state index in [-0.39, 0.29) is 0 Å². The maximum atomic E-state index is 5.21. The Morgan fingerprint density at radius 3 is 2.39 bits per heavy atom. The number of anilines is 1. The maximum Gasteiger partial charge on any atom is 0.189 e. The van der Waals surface area contributed by atoms with Crippen molar-refractivity contribution in [2.24, 2.45) is 0 Å². The number of hydrogen-bond donors (Lipinski definition) is 4. The van der Waals surface area contributed by atoms with E-state index in [0.717, 1.165) is 18.7 Å². The Kier molecular flexibility index (Phi) is 6.77. The second-order valence-corrected chi connectivity index (χ2v) is 5.88. The summed E-state index contributed by atoms with van der Waals surface area (Å²) in [5, 5.41) is 7.19. The predicted molar refractivity (Wildman–Crippen MR) is 104 cm³/mol. The van der Waals surface area contributed by atoms with Crippen molar-refractivity contribution in [3.8, 4) is 0 Å². The van der Waals surface area contributed by atoms with Crippen LogP contribution in [-0.2, 0) is 6.42 Å². The van der Waals surface area contributed by atoms with Crippen molar-refractivity contribution < 1.29 is 0 Å². The number of rotatable bonds is 4. The van der Waals surface area contributed by atoms with Gasteiger partial charge in [-0.1, -0.05) is 42.5 Å². The summed E-state index contributed by atoms with van der Waals surface area (Å²) in [5.74, 6) is 0. The second kappa shape index (κ2) is 9.07. The van der Waals surface area contributed by atoms with Crippen molar-refractivity contribution >= 4 is 40.3 Å². The summed E-state index contributed by atoms with van der Waals surface area (Å²) in [5.41, 5.74) is 9.11. The molecule has 0 bridgehead atoms. The number of thiocarbonyl (C=S) groups is 2. The summed E-state index contributed by atoms with van der Waals surface area (Å²) >= 11 is 10.4. The molecule has 0 aliphatic carbocycles. The number of hydrazine groups is 1. The Morgan fingerprint density at radius 1 is 0.913 bits per heavy atom. The van der Waals surface area contributed by atoms with Gasteiger partial charge in [0, 0.05) is 12.2 Å². The highest BCUT2D eigenvalue weighted by Gasteiger charge is 1.99. The van der Waals surface area contributed by atoms with E-state index < -0.39 is 0 Å². The van der Waals surface area contributed by atoms with E-state index in [0.29, 0.717) is 10.2 Å². The Bertz CT molecular complexity index is 659. The SMILES string of the molecule is Cc1cccc(NC(=S)NNC(=S)NCCc2ccccc2)c1. The number of nitrogens with one attached hydrogen (secondary N) is 4. The zero-order chi connectivity index (χ0) is 16.5. The first-order valence-corrected chi connectivity index (χ1v) is 8.16. The van der Waals surface area contributed by atoms with E-state index in [1.807, 2.05) is 49.4 Å². The van der Waals surface area contributed by atoms with Crippen LogP contribution in [0.1, 0.15) is 11.1 Å². The van der Waals surface area contributed by atoms with Gasteiger partial charge in [0.25, 0.3) is 0 Å². The lowest BCUT2D eigenvalue weighted by Crippen LogP contribution is -2.48. The van der Waals surface area contributed by atoms with Crippen LogP contribution in [0.5, 0.6) is 0 Å². The van der Waals surface area contributed by atoms with E-state index in [1.54, 1.807) is 0 Å². The van der Waals surface area contributed by atoms with Gasteiger partial charge in [0.15, 0.2) is 10.2 Å². The Labute approximate surface area is 147 Å². The van der Waals surface area contributed by atoms with Crippen LogP contribution in [0.4, 0.5) is 5.69 Å².